The Morgan fingerprint density at radius 3 is 2.72 bits per heavy atom. The lowest BCUT2D eigenvalue weighted by atomic mass is 9.95. The quantitative estimate of drug-likeness (QED) is 0.726. The van der Waals surface area contributed by atoms with E-state index < -0.39 is 0 Å². The molecule has 0 aromatic heterocycles. The van der Waals surface area contributed by atoms with Crippen molar-refractivity contribution in [2.24, 2.45) is 11.8 Å². The molecule has 5 nitrogen and oxygen atoms in total. The molecule has 2 heterocycles. The number of piperidine rings is 1. The van der Waals surface area contributed by atoms with E-state index in [9.17, 15) is 9.59 Å². The summed E-state index contributed by atoms with van der Waals surface area (Å²) in [7, 11) is 0. The van der Waals surface area contributed by atoms with Gasteiger partial charge in [-0.3, -0.25) is 9.59 Å². The Bertz CT molecular complexity index is 332. The third kappa shape index (κ3) is 3.02. The molecule has 2 saturated heterocycles. The van der Waals surface area contributed by atoms with E-state index in [1.807, 2.05) is 4.90 Å². The van der Waals surface area contributed by atoms with Gasteiger partial charge in [0.05, 0.1) is 5.92 Å². The molecule has 2 N–H and O–H groups in total. The van der Waals surface area contributed by atoms with Crippen LogP contribution in [0.15, 0.2) is 0 Å². The molecule has 0 saturated carbocycles. The molecule has 5 heteroatoms. The second-order valence-corrected chi connectivity index (χ2v) is 5.57. The van der Waals surface area contributed by atoms with Gasteiger partial charge in [-0.1, -0.05) is 6.92 Å². The maximum atomic E-state index is 12.4. The van der Waals surface area contributed by atoms with E-state index in [-0.39, 0.29) is 23.8 Å². The minimum absolute atomic E-state index is 0.00907. The summed E-state index contributed by atoms with van der Waals surface area (Å²) in [5.41, 5.74) is 0. The lowest BCUT2D eigenvalue weighted by Crippen LogP contribution is -2.51. The molecule has 0 bridgehead atoms. The Morgan fingerprint density at radius 2 is 2.11 bits per heavy atom. The van der Waals surface area contributed by atoms with Crippen LogP contribution < -0.4 is 10.6 Å². The molecular weight excluding hydrogens is 230 g/mol. The van der Waals surface area contributed by atoms with E-state index >= 15 is 0 Å². The van der Waals surface area contributed by atoms with Crippen LogP contribution in [-0.4, -0.2) is 48.9 Å². The SMILES string of the molecule is CC(=O)NC1CCCN(C(=O)[C@@H]2CNC[C@H]2C)C1. The van der Waals surface area contributed by atoms with Crippen LogP contribution in [0.2, 0.25) is 0 Å². The summed E-state index contributed by atoms with van der Waals surface area (Å²) in [5.74, 6) is 0.771. The Balaban J connectivity index is 1.91. The highest BCUT2D eigenvalue weighted by molar-refractivity contribution is 5.80. The van der Waals surface area contributed by atoms with Crippen molar-refractivity contribution in [3.05, 3.63) is 0 Å². The summed E-state index contributed by atoms with van der Waals surface area (Å²) < 4.78 is 0. The van der Waals surface area contributed by atoms with Crippen LogP contribution in [0.1, 0.15) is 26.7 Å². The number of hydrogen-bond donors (Lipinski definition) is 2. The monoisotopic (exact) mass is 253 g/mol. The normalized spacial score (nSPS) is 32.3. The fraction of sp³-hybridized carbons (Fsp3) is 0.846. The molecule has 18 heavy (non-hydrogen) atoms. The number of amides is 2. The largest absolute Gasteiger partial charge is 0.352 e. The minimum atomic E-state index is -0.00907. The lowest BCUT2D eigenvalue weighted by molar-refractivity contribution is -0.138. The van der Waals surface area contributed by atoms with E-state index in [4.69, 9.17) is 0 Å². The molecule has 2 amide bonds. The Labute approximate surface area is 108 Å². The van der Waals surface area contributed by atoms with Crippen molar-refractivity contribution in [1.29, 1.82) is 0 Å². The zero-order chi connectivity index (χ0) is 13.1. The highest BCUT2D eigenvalue weighted by Crippen LogP contribution is 2.21. The fourth-order valence-electron chi connectivity index (χ4n) is 2.96. The van der Waals surface area contributed by atoms with Crippen LogP contribution in [0, 0.1) is 11.8 Å². The first-order valence-corrected chi connectivity index (χ1v) is 6.84. The number of hydrogen-bond acceptors (Lipinski definition) is 3. The first kappa shape index (κ1) is 13.3. The molecule has 2 fully saturated rings. The molecule has 0 spiro atoms. The standard InChI is InChI=1S/C13H23N3O2/c1-9-6-14-7-12(9)13(18)16-5-3-4-11(8-16)15-10(2)17/h9,11-12,14H,3-8H2,1-2H3,(H,15,17)/t9-,11?,12-/m1/s1. The summed E-state index contributed by atoms with van der Waals surface area (Å²) in [4.78, 5) is 25.4. The molecule has 3 atom stereocenters. The van der Waals surface area contributed by atoms with Gasteiger partial charge < -0.3 is 15.5 Å². The summed E-state index contributed by atoms with van der Waals surface area (Å²) >= 11 is 0. The predicted octanol–water partition coefficient (Wildman–Crippen LogP) is -0.0310. The van der Waals surface area contributed by atoms with E-state index in [2.05, 4.69) is 17.6 Å². The smallest absolute Gasteiger partial charge is 0.227 e. The summed E-state index contributed by atoms with van der Waals surface area (Å²) in [5, 5.41) is 6.19. The highest BCUT2D eigenvalue weighted by Gasteiger charge is 2.34. The van der Waals surface area contributed by atoms with Crippen molar-refractivity contribution in [2.75, 3.05) is 26.2 Å². The van der Waals surface area contributed by atoms with Gasteiger partial charge in [-0.25, -0.2) is 0 Å². The average molecular weight is 253 g/mol. The lowest BCUT2D eigenvalue weighted by Gasteiger charge is -2.35. The third-order valence-corrected chi connectivity index (χ3v) is 3.98. The molecule has 1 unspecified atom stereocenters. The van der Waals surface area contributed by atoms with Crippen LogP contribution in [-0.2, 0) is 9.59 Å². The minimum Gasteiger partial charge on any atom is -0.352 e. The average Bonchev–Trinajstić information content (AvgIpc) is 2.74. The van der Waals surface area contributed by atoms with Gasteiger partial charge in [0.15, 0.2) is 0 Å². The van der Waals surface area contributed by atoms with E-state index in [1.165, 1.54) is 6.92 Å². The second kappa shape index (κ2) is 5.69. The van der Waals surface area contributed by atoms with Crippen LogP contribution in [0.4, 0.5) is 0 Å². The van der Waals surface area contributed by atoms with Gasteiger partial charge in [0, 0.05) is 32.6 Å². The first-order chi connectivity index (χ1) is 8.58. The number of rotatable bonds is 2. The van der Waals surface area contributed by atoms with Crippen LogP contribution >= 0.6 is 0 Å². The van der Waals surface area contributed by atoms with E-state index in [0.29, 0.717) is 12.5 Å². The summed E-state index contributed by atoms with van der Waals surface area (Å²) in [6.07, 6.45) is 1.95. The highest BCUT2D eigenvalue weighted by atomic mass is 16.2. The molecular formula is C13H23N3O2. The summed E-state index contributed by atoms with van der Waals surface area (Å²) in [6.45, 7) is 6.88. The predicted molar refractivity (Wildman–Crippen MR) is 68.9 cm³/mol. The Hall–Kier alpha value is -1.10. The zero-order valence-electron chi connectivity index (χ0n) is 11.2. The van der Waals surface area contributed by atoms with E-state index in [1.54, 1.807) is 0 Å². The van der Waals surface area contributed by atoms with Gasteiger partial charge in [-0.05, 0) is 25.3 Å². The van der Waals surface area contributed by atoms with Gasteiger partial charge in [0.2, 0.25) is 11.8 Å². The van der Waals surface area contributed by atoms with Crippen molar-refractivity contribution in [1.82, 2.24) is 15.5 Å². The van der Waals surface area contributed by atoms with Crippen molar-refractivity contribution < 1.29 is 9.59 Å². The Kier molecular flexibility index (Phi) is 4.22. The molecule has 0 aromatic carbocycles. The topological polar surface area (TPSA) is 61.4 Å². The molecule has 102 valence electrons. The van der Waals surface area contributed by atoms with Gasteiger partial charge >= 0.3 is 0 Å². The van der Waals surface area contributed by atoms with E-state index in [0.717, 1.165) is 32.5 Å². The van der Waals surface area contributed by atoms with Gasteiger partial charge in [-0.2, -0.15) is 0 Å². The molecule has 0 radical (unpaired) electrons. The number of carbonyl (C=O) groups excluding carboxylic acids is 2. The number of carbonyl (C=O) groups is 2. The van der Waals surface area contributed by atoms with Crippen molar-refractivity contribution in [3.63, 3.8) is 0 Å². The number of likely N-dealkylation sites (tertiary alicyclic amines) is 1. The zero-order valence-corrected chi connectivity index (χ0v) is 11.2. The Morgan fingerprint density at radius 1 is 1.33 bits per heavy atom. The van der Waals surface area contributed by atoms with Gasteiger partial charge in [0.1, 0.15) is 0 Å². The van der Waals surface area contributed by atoms with Gasteiger partial charge in [0.25, 0.3) is 0 Å². The first-order valence-electron chi connectivity index (χ1n) is 6.84. The maximum Gasteiger partial charge on any atom is 0.227 e. The molecule has 0 aromatic rings. The van der Waals surface area contributed by atoms with Gasteiger partial charge in [-0.15, -0.1) is 0 Å². The molecule has 2 rings (SSSR count). The number of nitrogens with one attached hydrogen (secondary N) is 2. The summed E-state index contributed by atoms with van der Waals surface area (Å²) in [6, 6.07) is 0.130. The van der Waals surface area contributed by atoms with Crippen molar-refractivity contribution in [2.45, 2.75) is 32.7 Å². The number of nitrogens with zero attached hydrogens (tertiary/aromatic N) is 1. The second-order valence-electron chi connectivity index (χ2n) is 5.57. The van der Waals surface area contributed by atoms with Crippen LogP contribution in [0.25, 0.3) is 0 Å². The van der Waals surface area contributed by atoms with Crippen molar-refractivity contribution >= 4 is 11.8 Å². The molecule has 0 aliphatic carbocycles. The molecule has 2 aliphatic heterocycles. The fourth-order valence-corrected chi connectivity index (χ4v) is 2.96. The van der Waals surface area contributed by atoms with Crippen LogP contribution in [0.3, 0.4) is 0 Å². The van der Waals surface area contributed by atoms with Crippen molar-refractivity contribution in [3.8, 4) is 0 Å². The maximum absolute atomic E-state index is 12.4. The molecule has 2 aliphatic rings. The third-order valence-electron chi connectivity index (χ3n) is 3.98. The van der Waals surface area contributed by atoms with Crippen LogP contribution in [0.5, 0.6) is 0 Å².